The van der Waals surface area contributed by atoms with Crippen LogP contribution in [0.2, 0.25) is 0 Å². The smallest absolute Gasteiger partial charge is 0.234 e. The number of methoxy groups -OCH3 is 1. The molecule has 1 heterocycles. The monoisotopic (exact) mass is 460 g/mol. The molecule has 1 amide bonds. The molecule has 3 aromatic rings. The van der Waals surface area contributed by atoms with Gasteiger partial charge in [-0.3, -0.25) is 4.79 Å². The van der Waals surface area contributed by atoms with Crippen LogP contribution in [-0.4, -0.2) is 33.5 Å². The van der Waals surface area contributed by atoms with Gasteiger partial charge in [-0.05, 0) is 37.6 Å². The molecule has 0 saturated carbocycles. The highest BCUT2D eigenvalue weighted by Gasteiger charge is 2.15. The minimum absolute atomic E-state index is 0.0998. The topological polar surface area (TPSA) is 69.0 Å². The van der Waals surface area contributed by atoms with Crippen molar-refractivity contribution in [2.24, 2.45) is 0 Å². The minimum atomic E-state index is -0.0998. The van der Waals surface area contributed by atoms with Crippen LogP contribution < -0.4 is 10.1 Å². The highest BCUT2D eigenvalue weighted by molar-refractivity contribution is 9.10. The van der Waals surface area contributed by atoms with Crippen LogP contribution >= 0.6 is 27.7 Å². The largest absolute Gasteiger partial charge is 0.497 e. The molecule has 8 heteroatoms. The van der Waals surface area contributed by atoms with E-state index in [-0.39, 0.29) is 11.7 Å². The Morgan fingerprint density at radius 1 is 1.21 bits per heavy atom. The lowest BCUT2D eigenvalue weighted by molar-refractivity contribution is -0.113. The molecule has 0 aliphatic rings. The molecule has 146 valence electrons. The fourth-order valence-corrected chi connectivity index (χ4v) is 3.74. The van der Waals surface area contributed by atoms with Crippen molar-refractivity contribution in [3.8, 4) is 17.1 Å². The van der Waals surface area contributed by atoms with Gasteiger partial charge in [0.25, 0.3) is 0 Å². The number of nitrogens with zero attached hydrogens (tertiary/aromatic N) is 3. The van der Waals surface area contributed by atoms with Crippen molar-refractivity contribution in [3.05, 3.63) is 52.5 Å². The molecule has 0 aliphatic carbocycles. The van der Waals surface area contributed by atoms with Gasteiger partial charge in [-0.2, -0.15) is 0 Å². The lowest BCUT2D eigenvalue weighted by atomic mass is 10.2. The highest BCUT2D eigenvalue weighted by Crippen LogP contribution is 2.26. The Morgan fingerprint density at radius 3 is 2.64 bits per heavy atom. The van der Waals surface area contributed by atoms with E-state index in [1.54, 1.807) is 7.11 Å². The standard InChI is InChI=1S/C20H21BrN4O2S/c1-4-25-19(14-6-8-15(21)9-7-14)23-24-20(25)28-12-18(26)22-17-11-16(27-3)10-5-13(17)2/h5-11H,4,12H2,1-3H3,(H,22,26). The number of carbonyl (C=O) groups is 1. The number of nitrogens with one attached hydrogen (secondary N) is 1. The zero-order valence-electron chi connectivity index (χ0n) is 15.9. The lowest BCUT2D eigenvalue weighted by Gasteiger charge is -2.10. The SMILES string of the molecule is CCn1c(SCC(=O)Nc2cc(OC)ccc2C)nnc1-c1ccc(Br)cc1. The second-order valence-corrected chi connectivity index (χ2v) is 7.93. The second kappa shape index (κ2) is 9.25. The predicted molar refractivity (Wildman–Crippen MR) is 116 cm³/mol. The zero-order chi connectivity index (χ0) is 20.1. The first-order chi connectivity index (χ1) is 13.5. The van der Waals surface area contributed by atoms with Crippen molar-refractivity contribution in [2.45, 2.75) is 25.5 Å². The maximum Gasteiger partial charge on any atom is 0.234 e. The van der Waals surface area contributed by atoms with E-state index in [0.717, 1.165) is 38.8 Å². The Hall–Kier alpha value is -2.32. The maximum atomic E-state index is 12.4. The summed E-state index contributed by atoms with van der Waals surface area (Å²) in [6, 6.07) is 13.5. The third-order valence-corrected chi connectivity index (χ3v) is 5.68. The van der Waals surface area contributed by atoms with Gasteiger partial charge in [0.2, 0.25) is 5.91 Å². The van der Waals surface area contributed by atoms with E-state index in [9.17, 15) is 4.79 Å². The van der Waals surface area contributed by atoms with E-state index in [1.165, 1.54) is 11.8 Å². The number of thioether (sulfide) groups is 1. The molecule has 0 bridgehead atoms. The maximum absolute atomic E-state index is 12.4. The number of aryl methyl sites for hydroxylation is 1. The average Bonchev–Trinajstić information content (AvgIpc) is 3.11. The number of benzene rings is 2. The second-order valence-electron chi connectivity index (χ2n) is 6.08. The van der Waals surface area contributed by atoms with Crippen LogP contribution in [0.5, 0.6) is 5.75 Å². The average molecular weight is 461 g/mol. The van der Waals surface area contributed by atoms with Gasteiger partial charge >= 0.3 is 0 Å². The van der Waals surface area contributed by atoms with Crippen molar-refractivity contribution < 1.29 is 9.53 Å². The summed E-state index contributed by atoms with van der Waals surface area (Å²) in [5, 5.41) is 12.2. The molecular weight excluding hydrogens is 440 g/mol. The highest BCUT2D eigenvalue weighted by atomic mass is 79.9. The van der Waals surface area contributed by atoms with E-state index in [2.05, 4.69) is 31.4 Å². The van der Waals surface area contributed by atoms with Gasteiger partial charge in [-0.25, -0.2) is 0 Å². The van der Waals surface area contributed by atoms with Crippen LogP contribution in [-0.2, 0) is 11.3 Å². The van der Waals surface area contributed by atoms with Crippen LogP contribution in [0.3, 0.4) is 0 Å². The number of hydrogen-bond donors (Lipinski definition) is 1. The van der Waals surface area contributed by atoms with Crippen molar-refractivity contribution in [3.63, 3.8) is 0 Å². The summed E-state index contributed by atoms with van der Waals surface area (Å²) in [7, 11) is 1.60. The van der Waals surface area contributed by atoms with Gasteiger partial charge < -0.3 is 14.6 Å². The Labute approximate surface area is 176 Å². The first-order valence-electron chi connectivity index (χ1n) is 8.78. The first kappa shape index (κ1) is 20.4. The number of hydrogen-bond acceptors (Lipinski definition) is 5. The van der Waals surface area contributed by atoms with Gasteiger partial charge in [-0.15, -0.1) is 10.2 Å². The van der Waals surface area contributed by atoms with Gasteiger partial charge in [0.15, 0.2) is 11.0 Å². The Morgan fingerprint density at radius 2 is 1.96 bits per heavy atom. The number of halogens is 1. The Bertz CT molecular complexity index is 973. The molecule has 0 saturated heterocycles. The molecule has 0 aliphatic heterocycles. The lowest BCUT2D eigenvalue weighted by Crippen LogP contribution is -2.15. The summed E-state index contributed by atoms with van der Waals surface area (Å²) < 4.78 is 8.25. The van der Waals surface area contributed by atoms with E-state index in [0.29, 0.717) is 5.75 Å². The number of aromatic nitrogens is 3. The van der Waals surface area contributed by atoms with Crippen LogP contribution in [0.1, 0.15) is 12.5 Å². The van der Waals surface area contributed by atoms with E-state index in [1.807, 2.05) is 60.9 Å². The van der Waals surface area contributed by atoms with Crippen molar-refractivity contribution in [2.75, 3.05) is 18.2 Å². The van der Waals surface area contributed by atoms with E-state index in [4.69, 9.17) is 4.74 Å². The third kappa shape index (κ3) is 4.74. The van der Waals surface area contributed by atoms with Gasteiger partial charge in [-0.1, -0.05) is 45.9 Å². The molecule has 28 heavy (non-hydrogen) atoms. The summed E-state index contributed by atoms with van der Waals surface area (Å²) >= 11 is 4.81. The van der Waals surface area contributed by atoms with Crippen LogP contribution in [0, 0.1) is 6.92 Å². The van der Waals surface area contributed by atoms with E-state index >= 15 is 0 Å². The van der Waals surface area contributed by atoms with Crippen LogP contribution in [0.15, 0.2) is 52.1 Å². The molecule has 0 unspecified atom stereocenters. The van der Waals surface area contributed by atoms with Crippen molar-refractivity contribution >= 4 is 39.3 Å². The van der Waals surface area contributed by atoms with Crippen LogP contribution in [0.25, 0.3) is 11.4 Å². The number of ether oxygens (including phenoxy) is 1. The summed E-state index contributed by atoms with van der Waals surface area (Å²) in [5.74, 6) is 1.65. The van der Waals surface area contributed by atoms with Gasteiger partial charge in [0.1, 0.15) is 5.75 Å². The molecule has 0 radical (unpaired) electrons. The van der Waals surface area contributed by atoms with Crippen LogP contribution in [0.4, 0.5) is 5.69 Å². The Balaban J connectivity index is 1.69. The fraction of sp³-hybridized carbons (Fsp3) is 0.250. The molecule has 3 rings (SSSR count). The van der Waals surface area contributed by atoms with Gasteiger partial charge in [0.05, 0.1) is 12.9 Å². The zero-order valence-corrected chi connectivity index (χ0v) is 18.3. The summed E-state index contributed by atoms with van der Waals surface area (Å²) in [4.78, 5) is 12.4. The molecule has 0 atom stereocenters. The summed E-state index contributed by atoms with van der Waals surface area (Å²) in [6.45, 7) is 4.70. The molecule has 0 spiro atoms. The molecule has 1 aromatic heterocycles. The van der Waals surface area contributed by atoms with Gasteiger partial charge in [0, 0.05) is 28.3 Å². The molecular formula is C20H21BrN4O2S. The summed E-state index contributed by atoms with van der Waals surface area (Å²) in [5.41, 5.74) is 2.71. The fourth-order valence-electron chi connectivity index (χ4n) is 2.67. The molecule has 0 fully saturated rings. The quantitative estimate of drug-likeness (QED) is 0.513. The normalized spacial score (nSPS) is 10.7. The number of amides is 1. The predicted octanol–water partition coefficient (Wildman–Crippen LogP) is 4.78. The molecule has 2 aromatic carbocycles. The summed E-state index contributed by atoms with van der Waals surface area (Å²) in [6.07, 6.45) is 0. The number of rotatable bonds is 7. The van der Waals surface area contributed by atoms with Crippen molar-refractivity contribution in [1.29, 1.82) is 0 Å². The first-order valence-corrected chi connectivity index (χ1v) is 10.6. The van der Waals surface area contributed by atoms with E-state index < -0.39 is 0 Å². The number of carbonyl (C=O) groups excluding carboxylic acids is 1. The molecule has 6 nitrogen and oxygen atoms in total. The number of anilines is 1. The minimum Gasteiger partial charge on any atom is -0.497 e. The Kier molecular flexibility index (Phi) is 6.74. The van der Waals surface area contributed by atoms with Crippen molar-refractivity contribution in [1.82, 2.24) is 14.8 Å². The molecule has 1 N–H and O–H groups in total. The third-order valence-electron chi connectivity index (χ3n) is 4.19.